The van der Waals surface area contributed by atoms with E-state index in [2.05, 4.69) is 20.6 Å². The number of tetrazole rings is 1. The van der Waals surface area contributed by atoms with Crippen molar-refractivity contribution in [3.63, 3.8) is 0 Å². The number of hydrogen-bond acceptors (Lipinski definition) is 7. The maximum atomic E-state index is 13.3. The van der Waals surface area contributed by atoms with Crippen LogP contribution in [0.25, 0.3) is 0 Å². The van der Waals surface area contributed by atoms with Gasteiger partial charge in [0.15, 0.2) is 15.7 Å². The Labute approximate surface area is 162 Å². The molecule has 29 heavy (non-hydrogen) atoms. The molecule has 0 saturated heterocycles. The average Bonchev–Trinajstić information content (AvgIpc) is 3.13. The van der Waals surface area contributed by atoms with Gasteiger partial charge in [-0.2, -0.15) is 23.6 Å². The van der Waals surface area contributed by atoms with E-state index < -0.39 is 21.6 Å². The number of halogens is 3. The van der Waals surface area contributed by atoms with Gasteiger partial charge in [0.1, 0.15) is 17.6 Å². The molecule has 8 nitrogen and oxygen atoms in total. The Bertz CT molecular complexity index is 1190. The van der Waals surface area contributed by atoms with Crippen molar-refractivity contribution in [1.29, 1.82) is 5.26 Å². The molecule has 0 saturated carbocycles. The molecule has 0 amide bonds. The topological polar surface area (TPSA) is 122 Å². The van der Waals surface area contributed by atoms with Crippen LogP contribution in [0.3, 0.4) is 0 Å². The van der Waals surface area contributed by atoms with Crippen molar-refractivity contribution in [3.05, 3.63) is 58.9 Å². The van der Waals surface area contributed by atoms with E-state index in [0.717, 1.165) is 24.5 Å². The molecule has 0 fully saturated rings. The number of H-pyrrole nitrogens is 1. The maximum absolute atomic E-state index is 13.3. The van der Waals surface area contributed by atoms with E-state index in [9.17, 15) is 26.9 Å². The molecule has 0 unspecified atom stereocenters. The van der Waals surface area contributed by atoms with Gasteiger partial charge in [-0.25, -0.2) is 8.42 Å². The van der Waals surface area contributed by atoms with Crippen molar-refractivity contribution < 1.29 is 26.3 Å². The van der Waals surface area contributed by atoms with Gasteiger partial charge in [0.25, 0.3) is 0 Å². The number of hydrogen-bond donors (Lipinski definition) is 1. The molecule has 150 valence electrons. The Kier molecular flexibility index (Phi) is 5.25. The molecule has 3 aromatic rings. The second-order valence-electron chi connectivity index (χ2n) is 6.01. The van der Waals surface area contributed by atoms with Gasteiger partial charge in [-0.3, -0.25) is 0 Å². The standard InChI is InChI=1S/C17H12F3N5O3S/c1-29(26,27)14-2-3-15(11(7-14)9-21)28-13-5-10(6-16-22-24-25-23-16)4-12(8-13)17(18,19)20/h2-5,7-8H,6H2,1H3,(H,22,23,24,25). The third-order valence-electron chi connectivity index (χ3n) is 3.77. The first-order chi connectivity index (χ1) is 13.6. The fourth-order valence-corrected chi connectivity index (χ4v) is 3.12. The minimum Gasteiger partial charge on any atom is -0.456 e. The van der Waals surface area contributed by atoms with E-state index in [1.54, 1.807) is 6.07 Å². The monoisotopic (exact) mass is 423 g/mol. The molecule has 0 aliphatic heterocycles. The minimum atomic E-state index is -4.64. The Morgan fingerprint density at radius 3 is 2.55 bits per heavy atom. The Morgan fingerprint density at radius 2 is 1.97 bits per heavy atom. The molecule has 2 aromatic carbocycles. The highest BCUT2D eigenvalue weighted by molar-refractivity contribution is 7.90. The highest BCUT2D eigenvalue weighted by Gasteiger charge is 2.31. The van der Waals surface area contributed by atoms with Crippen LogP contribution in [0, 0.1) is 11.3 Å². The van der Waals surface area contributed by atoms with E-state index in [1.165, 1.54) is 18.2 Å². The number of nitrogens with one attached hydrogen (secondary N) is 1. The van der Waals surface area contributed by atoms with E-state index in [-0.39, 0.29) is 39.8 Å². The number of aromatic nitrogens is 4. The molecule has 0 aliphatic rings. The molecule has 12 heteroatoms. The van der Waals surface area contributed by atoms with Gasteiger partial charge in [-0.05, 0) is 42.0 Å². The quantitative estimate of drug-likeness (QED) is 0.670. The molecule has 0 aliphatic carbocycles. The summed E-state index contributed by atoms with van der Waals surface area (Å²) in [7, 11) is -3.57. The first-order valence-corrected chi connectivity index (χ1v) is 9.81. The predicted octanol–water partition coefficient (Wildman–Crippen LogP) is 2.88. The lowest BCUT2D eigenvalue weighted by Crippen LogP contribution is -2.07. The normalized spacial score (nSPS) is 11.8. The highest BCUT2D eigenvalue weighted by Crippen LogP contribution is 2.35. The summed E-state index contributed by atoms with van der Waals surface area (Å²) in [5.74, 6) is -0.0721. The van der Waals surface area contributed by atoms with Gasteiger partial charge >= 0.3 is 6.18 Å². The first-order valence-electron chi connectivity index (χ1n) is 7.92. The lowest BCUT2D eigenvalue weighted by molar-refractivity contribution is -0.137. The van der Waals surface area contributed by atoms with Crippen LogP contribution in [0.1, 0.15) is 22.5 Å². The number of rotatable bonds is 5. The van der Waals surface area contributed by atoms with Gasteiger partial charge in [-0.1, -0.05) is 5.21 Å². The Hall–Kier alpha value is -3.46. The third-order valence-corrected chi connectivity index (χ3v) is 4.88. The van der Waals surface area contributed by atoms with Crippen LogP contribution >= 0.6 is 0 Å². The van der Waals surface area contributed by atoms with Gasteiger partial charge < -0.3 is 4.74 Å². The van der Waals surface area contributed by atoms with Crippen LogP contribution in [-0.2, 0) is 22.4 Å². The Balaban J connectivity index is 2.01. The molecule has 0 radical (unpaired) electrons. The van der Waals surface area contributed by atoms with Crippen molar-refractivity contribution in [1.82, 2.24) is 20.6 Å². The molecule has 0 spiro atoms. The largest absolute Gasteiger partial charge is 0.456 e. The Morgan fingerprint density at radius 1 is 1.21 bits per heavy atom. The van der Waals surface area contributed by atoms with Crippen LogP contribution < -0.4 is 4.74 Å². The van der Waals surface area contributed by atoms with Crippen LogP contribution in [0.5, 0.6) is 11.5 Å². The number of alkyl halides is 3. The van der Waals surface area contributed by atoms with Gasteiger partial charge in [0.05, 0.1) is 16.0 Å². The second kappa shape index (κ2) is 7.51. The van der Waals surface area contributed by atoms with Crippen LogP contribution in [0.15, 0.2) is 41.3 Å². The molecule has 0 bridgehead atoms. The molecule has 1 heterocycles. The van der Waals surface area contributed by atoms with Crippen molar-refractivity contribution >= 4 is 9.84 Å². The summed E-state index contributed by atoms with van der Waals surface area (Å²) in [6.45, 7) is 0. The molecule has 1 aromatic heterocycles. The SMILES string of the molecule is CS(=O)(=O)c1ccc(Oc2cc(Cc3nn[nH]n3)cc(C(F)(F)F)c2)c(C#N)c1. The third kappa shape index (κ3) is 4.88. The van der Waals surface area contributed by atoms with Crippen molar-refractivity contribution in [2.45, 2.75) is 17.5 Å². The van der Waals surface area contributed by atoms with Crippen LogP contribution in [0.4, 0.5) is 13.2 Å². The average molecular weight is 423 g/mol. The lowest BCUT2D eigenvalue weighted by Gasteiger charge is -2.13. The highest BCUT2D eigenvalue weighted by atomic mass is 32.2. The van der Waals surface area contributed by atoms with E-state index in [4.69, 9.17) is 4.74 Å². The van der Waals surface area contributed by atoms with Crippen molar-refractivity contribution in [2.24, 2.45) is 0 Å². The summed E-state index contributed by atoms with van der Waals surface area (Å²) in [6, 6.07) is 8.36. The summed E-state index contributed by atoms with van der Waals surface area (Å²) in [4.78, 5) is -0.108. The zero-order chi connectivity index (χ0) is 21.2. The van der Waals surface area contributed by atoms with Crippen molar-refractivity contribution in [2.75, 3.05) is 6.26 Å². The molecule has 0 atom stereocenters. The zero-order valence-electron chi connectivity index (χ0n) is 14.7. The zero-order valence-corrected chi connectivity index (χ0v) is 15.5. The summed E-state index contributed by atoms with van der Waals surface area (Å²) in [5, 5.41) is 22.2. The molecule has 3 rings (SSSR count). The lowest BCUT2D eigenvalue weighted by atomic mass is 10.1. The van der Waals surface area contributed by atoms with E-state index >= 15 is 0 Å². The number of nitrogens with zero attached hydrogens (tertiary/aromatic N) is 4. The van der Waals surface area contributed by atoms with E-state index in [1.807, 2.05) is 0 Å². The summed E-state index contributed by atoms with van der Waals surface area (Å²) in [6.07, 6.45) is -3.69. The molecule has 1 N–H and O–H groups in total. The van der Waals surface area contributed by atoms with Crippen LogP contribution in [0.2, 0.25) is 0 Å². The molecular weight excluding hydrogens is 411 g/mol. The summed E-state index contributed by atoms with van der Waals surface area (Å²) in [5.41, 5.74) is -0.882. The predicted molar refractivity (Wildman–Crippen MR) is 92.8 cm³/mol. The van der Waals surface area contributed by atoms with Crippen molar-refractivity contribution in [3.8, 4) is 17.6 Å². The minimum absolute atomic E-state index is 0.0328. The fourth-order valence-electron chi connectivity index (χ4n) is 2.47. The van der Waals surface area contributed by atoms with Gasteiger partial charge in [-0.15, -0.1) is 10.2 Å². The van der Waals surface area contributed by atoms with E-state index in [0.29, 0.717) is 0 Å². The smallest absolute Gasteiger partial charge is 0.416 e. The van der Waals surface area contributed by atoms with Gasteiger partial charge in [0, 0.05) is 12.7 Å². The number of ether oxygens (including phenoxy) is 1. The fraction of sp³-hybridized carbons (Fsp3) is 0.176. The number of benzene rings is 2. The summed E-state index contributed by atoms with van der Waals surface area (Å²) < 4.78 is 68.5. The second-order valence-corrected chi connectivity index (χ2v) is 8.03. The summed E-state index contributed by atoms with van der Waals surface area (Å²) >= 11 is 0. The number of nitriles is 1. The number of sulfone groups is 1. The number of aromatic amines is 1. The maximum Gasteiger partial charge on any atom is 0.416 e. The first kappa shape index (κ1) is 20.3. The van der Waals surface area contributed by atoms with Crippen LogP contribution in [-0.4, -0.2) is 35.3 Å². The van der Waals surface area contributed by atoms with Gasteiger partial charge in [0.2, 0.25) is 0 Å². The molecular formula is C17H12F3N5O3S.